The molecule has 0 radical (unpaired) electrons. The zero-order chi connectivity index (χ0) is 13.3. The Morgan fingerprint density at radius 1 is 1.37 bits per heavy atom. The maximum Gasteiger partial charge on any atom is 0.339 e. The van der Waals surface area contributed by atoms with Gasteiger partial charge in [0.05, 0.1) is 0 Å². The van der Waals surface area contributed by atoms with Crippen LogP contribution in [0.5, 0.6) is 5.75 Å². The average Bonchev–Trinajstić information content (AvgIpc) is 2.84. The first-order chi connectivity index (χ1) is 8.50. The van der Waals surface area contributed by atoms with Gasteiger partial charge in [-0.05, 0) is 30.9 Å². The number of carboxylic acid groups (broad SMARTS) is 1. The van der Waals surface area contributed by atoms with Gasteiger partial charge in [0.15, 0.2) is 0 Å². The molecule has 1 aliphatic rings. The number of nitrogens with two attached hydrogens (primary N) is 1. The molecule has 19 heavy (non-hydrogen) atoms. The van der Waals surface area contributed by atoms with Crippen LogP contribution in [0.2, 0.25) is 0 Å². The van der Waals surface area contributed by atoms with Gasteiger partial charge in [-0.15, -0.1) is 12.4 Å². The molecule has 106 valence electrons. The molecular formula is C13H17ClFNO3. The standard InChI is InChI=1S/C13H16FNO3.ClH/c14-8-5-9(11(15)7-3-1-2-4-7)12(16)10(6-8)13(17)18;/h5-7,11,16H,1-4,15H2,(H,17,18);1H/t11-;/m0./s1. The highest BCUT2D eigenvalue weighted by molar-refractivity contribution is 5.91. The fourth-order valence-electron chi connectivity index (χ4n) is 2.61. The predicted molar refractivity (Wildman–Crippen MR) is 71.2 cm³/mol. The number of hydrogen-bond acceptors (Lipinski definition) is 3. The Hall–Kier alpha value is -1.33. The third-order valence-electron chi connectivity index (χ3n) is 3.60. The number of rotatable bonds is 3. The van der Waals surface area contributed by atoms with E-state index in [-0.39, 0.29) is 23.9 Å². The maximum atomic E-state index is 13.4. The van der Waals surface area contributed by atoms with Crippen molar-refractivity contribution in [2.75, 3.05) is 0 Å². The van der Waals surface area contributed by atoms with Crippen LogP contribution in [-0.4, -0.2) is 16.2 Å². The molecular weight excluding hydrogens is 273 g/mol. The highest BCUT2D eigenvalue weighted by Crippen LogP contribution is 2.38. The summed E-state index contributed by atoms with van der Waals surface area (Å²) in [4.78, 5) is 10.9. The number of aromatic hydroxyl groups is 1. The van der Waals surface area contributed by atoms with Crippen molar-refractivity contribution >= 4 is 18.4 Å². The molecule has 2 rings (SSSR count). The molecule has 0 spiro atoms. The van der Waals surface area contributed by atoms with E-state index in [9.17, 15) is 14.3 Å². The van der Waals surface area contributed by atoms with E-state index < -0.39 is 29.1 Å². The summed E-state index contributed by atoms with van der Waals surface area (Å²) < 4.78 is 13.4. The summed E-state index contributed by atoms with van der Waals surface area (Å²) in [6.45, 7) is 0. The Bertz CT molecular complexity index is 475. The summed E-state index contributed by atoms with van der Waals surface area (Å²) in [5.74, 6) is -2.27. The molecule has 1 atom stereocenters. The molecule has 4 N–H and O–H groups in total. The second kappa shape index (κ2) is 6.21. The molecule has 4 nitrogen and oxygen atoms in total. The van der Waals surface area contributed by atoms with Gasteiger partial charge in [0.2, 0.25) is 0 Å². The fraction of sp³-hybridized carbons (Fsp3) is 0.462. The molecule has 0 bridgehead atoms. The summed E-state index contributed by atoms with van der Waals surface area (Å²) >= 11 is 0. The second-order valence-electron chi connectivity index (χ2n) is 4.77. The van der Waals surface area contributed by atoms with Crippen LogP contribution in [-0.2, 0) is 0 Å². The molecule has 6 heteroatoms. The molecule has 0 aromatic heterocycles. The molecule has 1 fully saturated rings. The van der Waals surface area contributed by atoms with Crippen molar-refractivity contribution in [3.63, 3.8) is 0 Å². The largest absolute Gasteiger partial charge is 0.507 e. The number of carbonyl (C=O) groups is 1. The minimum atomic E-state index is -1.35. The van der Waals surface area contributed by atoms with Gasteiger partial charge in [0.25, 0.3) is 0 Å². The van der Waals surface area contributed by atoms with Crippen LogP contribution in [0.15, 0.2) is 12.1 Å². The molecule has 0 amide bonds. The van der Waals surface area contributed by atoms with Crippen LogP contribution in [0, 0.1) is 11.7 Å². The smallest absolute Gasteiger partial charge is 0.339 e. The normalized spacial score (nSPS) is 16.9. The summed E-state index contributed by atoms with van der Waals surface area (Å²) in [5, 5.41) is 18.8. The molecule has 1 saturated carbocycles. The topological polar surface area (TPSA) is 83.6 Å². The number of hydrogen-bond donors (Lipinski definition) is 3. The maximum absolute atomic E-state index is 13.4. The Morgan fingerprint density at radius 2 is 1.95 bits per heavy atom. The molecule has 1 aliphatic carbocycles. The summed E-state index contributed by atoms with van der Waals surface area (Å²) in [6.07, 6.45) is 4.00. The second-order valence-corrected chi connectivity index (χ2v) is 4.77. The first-order valence-electron chi connectivity index (χ1n) is 6.02. The lowest BCUT2D eigenvalue weighted by molar-refractivity contribution is 0.0692. The molecule has 0 unspecified atom stereocenters. The van der Waals surface area contributed by atoms with Gasteiger partial charge < -0.3 is 15.9 Å². The minimum absolute atomic E-state index is 0. The van der Waals surface area contributed by atoms with Crippen molar-refractivity contribution in [2.24, 2.45) is 11.7 Å². The van der Waals surface area contributed by atoms with Gasteiger partial charge in [-0.1, -0.05) is 12.8 Å². The van der Waals surface area contributed by atoms with Gasteiger partial charge in [-0.3, -0.25) is 0 Å². The monoisotopic (exact) mass is 289 g/mol. The van der Waals surface area contributed by atoms with E-state index in [1.807, 2.05) is 0 Å². The zero-order valence-corrected chi connectivity index (χ0v) is 11.1. The van der Waals surface area contributed by atoms with Gasteiger partial charge in [0.1, 0.15) is 17.1 Å². The molecule has 1 aromatic rings. The lowest BCUT2D eigenvalue weighted by atomic mass is 9.90. The Morgan fingerprint density at radius 3 is 2.47 bits per heavy atom. The van der Waals surface area contributed by atoms with Gasteiger partial charge in [-0.25, -0.2) is 9.18 Å². The lowest BCUT2D eigenvalue weighted by Gasteiger charge is -2.21. The minimum Gasteiger partial charge on any atom is -0.507 e. The van der Waals surface area contributed by atoms with Crippen molar-refractivity contribution < 1.29 is 19.4 Å². The van der Waals surface area contributed by atoms with Gasteiger partial charge in [-0.2, -0.15) is 0 Å². The van der Waals surface area contributed by atoms with E-state index in [1.165, 1.54) is 0 Å². The fourth-order valence-corrected chi connectivity index (χ4v) is 2.61. The number of benzene rings is 1. The predicted octanol–water partition coefficient (Wildman–Crippen LogP) is 2.84. The molecule has 0 saturated heterocycles. The Kier molecular flexibility index (Phi) is 5.14. The van der Waals surface area contributed by atoms with Crippen LogP contribution >= 0.6 is 12.4 Å². The van der Waals surface area contributed by atoms with Crippen LogP contribution in [0.3, 0.4) is 0 Å². The summed E-state index contributed by atoms with van der Waals surface area (Å²) in [7, 11) is 0. The highest BCUT2D eigenvalue weighted by Gasteiger charge is 2.27. The van der Waals surface area contributed by atoms with Crippen LogP contribution < -0.4 is 5.73 Å². The highest BCUT2D eigenvalue weighted by atomic mass is 35.5. The Balaban J connectivity index is 0.00000180. The van der Waals surface area contributed by atoms with Crippen molar-refractivity contribution in [1.82, 2.24) is 0 Å². The number of phenols is 1. The number of carboxylic acids is 1. The number of aromatic carboxylic acids is 1. The lowest BCUT2D eigenvalue weighted by Crippen LogP contribution is -2.20. The Labute approximate surface area is 116 Å². The SMILES string of the molecule is Cl.N[C@H](c1cc(F)cc(C(=O)O)c1O)C1CCCC1. The quantitative estimate of drug-likeness (QED) is 0.799. The average molecular weight is 290 g/mol. The van der Waals surface area contributed by atoms with E-state index in [2.05, 4.69) is 0 Å². The third-order valence-corrected chi connectivity index (χ3v) is 3.60. The zero-order valence-electron chi connectivity index (χ0n) is 10.3. The van der Waals surface area contributed by atoms with E-state index >= 15 is 0 Å². The first kappa shape index (κ1) is 15.7. The molecule has 0 heterocycles. The van der Waals surface area contributed by atoms with Gasteiger partial charge in [0, 0.05) is 11.6 Å². The third kappa shape index (κ3) is 3.16. The van der Waals surface area contributed by atoms with Crippen LogP contribution in [0.4, 0.5) is 4.39 Å². The molecule has 1 aromatic carbocycles. The van der Waals surface area contributed by atoms with Crippen molar-refractivity contribution in [3.8, 4) is 5.75 Å². The first-order valence-corrected chi connectivity index (χ1v) is 6.02. The van der Waals surface area contributed by atoms with Crippen LogP contribution in [0.25, 0.3) is 0 Å². The van der Waals surface area contributed by atoms with Crippen molar-refractivity contribution in [2.45, 2.75) is 31.7 Å². The summed E-state index contributed by atoms with van der Waals surface area (Å²) in [5.41, 5.74) is 5.78. The van der Waals surface area contributed by atoms with Crippen molar-refractivity contribution in [3.05, 3.63) is 29.1 Å². The van der Waals surface area contributed by atoms with E-state index in [4.69, 9.17) is 10.8 Å². The summed E-state index contributed by atoms with van der Waals surface area (Å²) in [6, 6.07) is 1.43. The van der Waals surface area contributed by atoms with Gasteiger partial charge >= 0.3 is 5.97 Å². The van der Waals surface area contributed by atoms with E-state index in [0.717, 1.165) is 37.8 Å². The van der Waals surface area contributed by atoms with E-state index in [0.29, 0.717) is 0 Å². The van der Waals surface area contributed by atoms with Crippen molar-refractivity contribution in [1.29, 1.82) is 0 Å². The van der Waals surface area contributed by atoms with Crippen LogP contribution in [0.1, 0.15) is 47.6 Å². The number of halogens is 2. The van der Waals surface area contributed by atoms with E-state index in [1.54, 1.807) is 0 Å². The molecule has 0 aliphatic heterocycles.